The monoisotopic (exact) mass is 402 g/mol. The first kappa shape index (κ1) is 20.8. The second-order valence-electron chi connectivity index (χ2n) is 12.0. The summed E-state index contributed by atoms with van der Waals surface area (Å²) in [5.41, 5.74) is 0.669. The van der Waals surface area contributed by atoms with Gasteiger partial charge in [0.05, 0.1) is 18.3 Å². The second-order valence-corrected chi connectivity index (χ2v) is 12.0. The van der Waals surface area contributed by atoms with Crippen LogP contribution in [0.1, 0.15) is 116 Å². The van der Waals surface area contributed by atoms with Crippen LogP contribution in [0, 0.1) is 35.0 Å². The van der Waals surface area contributed by atoms with Crippen molar-refractivity contribution in [3.05, 3.63) is 0 Å². The molecule has 1 aliphatic heterocycles. The average molecular weight is 403 g/mol. The molecular weight excluding hydrogens is 356 g/mol. The van der Waals surface area contributed by atoms with Gasteiger partial charge in [0.2, 0.25) is 0 Å². The molecule has 5 rings (SSSR count). The second kappa shape index (κ2) is 8.81. The van der Waals surface area contributed by atoms with Crippen molar-refractivity contribution in [1.82, 2.24) is 0 Å². The number of epoxide rings is 1. The molecule has 3 unspecified atom stereocenters. The van der Waals surface area contributed by atoms with Gasteiger partial charge in [0, 0.05) is 0 Å². The summed E-state index contributed by atoms with van der Waals surface area (Å²) in [5, 5.41) is 9.84. The van der Waals surface area contributed by atoms with E-state index in [0.717, 1.165) is 42.4 Å². The minimum atomic E-state index is 0.00606. The molecule has 1 N–H and O–H groups in total. The van der Waals surface area contributed by atoms with Crippen LogP contribution in [0.15, 0.2) is 0 Å². The third kappa shape index (κ3) is 4.74. The molecule has 5 aliphatic rings. The standard InChI is InChI=1S/C27H46O2/c1-2-27(15-13-22(14-16-27)20-7-10-24(28)11-8-20)18-19-3-5-21(6-4-19)23-9-12-25-26(17-23)29-25/h19-26,28H,2-18H2,1H3. The SMILES string of the molecule is CCC1(CC2CCC(C3CCC4OC4C3)CC2)CCC(C2CCC(O)CC2)CC1. The Morgan fingerprint density at radius 3 is 1.93 bits per heavy atom. The number of hydrogen-bond acceptors (Lipinski definition) is 2. The Kier molecular flexibility index (Phi) is 6.32. The maximum atomic E-state index is 9.84. The van der Waals surface area contributed by atoms with E-state index >= 15 is 0 Å². The Bertz CT molecular complexity index is 521. The van der Waals surface area contributed by atoms with Crippen LogP contribution in [0.4, 0.5) is 0 Å². The van der Waals surface area contributed by atoms with Crippen LogP contribution in [-0.4, -0.2) is 23.4 Å². The number of hydrogen-bond donors (Lipinski definition) is 1. The highest BCUT2D eigenvalue weighted by atomic mass is 16.6. The van der Waals surface area contributed by atoms with E-state index in [1.807, 2.05) is 0 Å². The molecule has 0 amide bonds. The van der Waals surface area contributed by atoms with E-state index in [9.17, 15) is 5.11 Å². The molecule has 0 aromatic carbocycles. The molecule has 0 aromatic rings. The number of rotatable bonds is 5. The zero-order valence-corrected chi connectivity index (χ0v) is 19.0. The number of ether oxygens (including phenoxy) is 1. The molecule has 3 atom stereocenters. The van der Waals surface area contributed by atoms with Gasteiger partial charge in [0.1, 0.15) is 0 Å². The Balaban J connectivity index is 1.08. The highest BCUT2D eigenvalue weighted by molar-refractivity contribution is 4.95. The number of aliphatic hydroxyl groups excluding tert-OH is 1. The van der Waals surface area contributed by atoms with Gasteiger partial charge in [0.25, 0.3) is 0 Å². The van der Waals surface area contributed by atoms with E-state index in [4.69, 9.17) is 4.74 Å². The highest BCUT2D eigenvalue weighted by Gasteiger charge is 2.46. The quantitative estimate of drug-likeness (QED) is 0.508. The lowest BCUT2D eigenvalue weighted by Crippen LogP contribution is -2.34. The van der Waals surface area contributed by atoms with Gasteiger partial charge in [-0.15, -0.1) is 0 Å². The summed E-state index contributed by atoms with van der Waals surface area (Å²) < 4.78 is 5.79. The van der Waals surface area contributed by atoms with Crippen molar-refractivity contribution >= 4 is 0 Å². The molecule has 166 valence electrons. The fraction of sp³-hybridized carbons (Fsp3) is 1.00. The summed E-state index contributed by atoms with van der Waals surface area (Å²) in [6.07, 6.45) is 25.2. The van der Waals surface area contributed by atoms with E-state index < -0.39 is 0 Å². The van der Waals surface area contributed by atoms with Crippen molar-refractivity contribution in [1.29, 1.82) is 0 Å². The Morgan fingerprint density at radius 1 is 0.690 bits per heavy atom. The van der Waals surface area contributed by atoms with Crippen molar-refractivity contribution in [2.75, 3.05) is 0 Å². The molecule has 0 spiro atoms. The largest absolute Gasteiger partial charge is 0.393 e. The summed E-state index contributed by atoms with van der Waals surface area (Å²) in [6.45, 7) is 2.48. The lowest BCUT2D eigenvalue weighted by molar-refractivity contribution is 0.0409. The van der Waals surface area contributed by atoms with E-state index in [1.54, 1.807) is 0 Å². The van der Waals surface area contributed by atoms with Crippen molar-refractivity contribution in [3.8, 4) is 0 Å². The molecule has 0 bridgehead atoms. The van der Waals surface area contributed by atoms with Crippen molar-refractivity contribution in [3.63, 3.8) is 0 Å². The summed E-state index contributed by atoms with van der Waals surface area (Å²) in [5.74, 6) is 4.92. The lowest BCUT2D eigenvalue weighted by Gasteiger charge is -2.46. The third-order valence-electron chi connectivity index (χ3n) is 10.6. The molecule has 5 fully saturated rings. The van der Waals surface area contributed by atoms with Crippen LogP contribution in [0.5, 0.6) is 0 Å². The van der Waals surface area contributed by atoms with Gasteiger partial charge in [-0.1, -0.05) is 26.2 Å². The van der Waals surface area contributed by atoms with Crippen molar-refractivity contribution in [2.45, 2.75) is 134 Å². The first-order chi connectivity index (χ1) is 14.1. The van der Waals surface area contributed by atoms with Crippen LogP contribution in [0.2, 0.25) is 0 Å². The predicted molar refractivity (Wildman–Crippen MR) is 119 cm³/mol. The molecule has 29 heavy (non-hydrogen) atoms. The zero-order chi connectivity index (χ0) is 19.8. The predicted octanol–water partition coefficient (Wildman–Crippen LogP) is 6.89. The Morgan fingerprint density at radius 2 is 1.28 bits per heavy atom. The minimum absolute atomic E-state index is 0.00606. The van der Waals surface area contributed by atoms with Gasteiger partial charge in [-0.25, -0.2) is 0 Å². The molecule has 4 aliphatic carbocycles. The van der Waals surface area contributed by atoms with Crippen LogP contribution in [0.25, 0.3) is 0 Å². The van der Waals surface area contributed by atoms with Crippen LogP contribution in [-0.2, 0) is 4.74 Å². The maximum Gasteiger partial charge on any atom is 0.0844 e. The van der Waals surface area contributed by atoms with Gasteiger partial charge in [0.15, 0.2) is 0 Å². The number of aliphatic hydroxyl groups is 1. The molecule has 1 heterocycles. The summed E-state index contributed by atoms with van der Waals surface area (Å²) >= 11 is 0. The lowest BCUT2D eigenvalue weighted by atomic mass is 9.60. The third-order valence-corrected chi connectivity index (χ3v) is 10.6. The molecule has 2 heteroatoms. The summed E-state index contributed by atoms with van der Waals surface area (Å²) in [7, 11) is 0. The van der Waals surface area contributed by atoms with Gasteiger partial charge in [-0.3, -0.25) is 0 Å². The maximum absolute atomic E-state index is 9.84. The molecular formula is C27H46O2. The fourth-order valence-electron chi connectivity index (χ4n) is 8.34. The van der Waals surface area contributed by atoms with Crippen LogP contribution < -0.4 is 0 Å². The van der Waals surface area contributed by atoms with E-state index in [0.29, 0.717) is 17.6 Å². The normalized spacial score (nSPS) is 50.7. The van der Waals surface area contributed by atoms with E-state index in [-0.39, 0.29) is 6.10 Å². The first-order valence-corrected chi connectivity index (χ1v) is 13.5. The zero-order valence-electron chi connectivity index (χ0n) is 19.0. The van der Waals surface area contributed by atoms with E-state index in [1.165, 1.54) is 96.3 Å². The molecule has 0 aromatic heterocycles. The fourth-order valence-corrected chi connectivity index (χ4v) is 8.34. The van der Waals surface area contributed by atoms with Gasteiger partial charge in [-0.05, 0) is 125 Å². The van der Waals surface area contributed by atoms with Crippen molar-refractivity contribution < 1.29 is 9.84 Å². The Labute approximate surface area is 179 Å². The van der Waals surface area contributed by atoms with Crippen LogP contribution in [0.3, 0.4) is 0 Å². The average Bonchev–Trinajstić information content (AvgIpc) is 3.54. The van der Waals surface area contributed by atoms with Crippen LogP contribution >= 0.6 is 0 Å². The summed E-state index contributed by atoms with van der Waals surface area (Å²) in [6, 6.07) is 0. The van der Waals surface area contributed by atoms with Gasteiger partial charge in [-0.2, -0.15) is 0 Å². The highest BCUT2D eigenvalue weighted by Crippen LogP contribution is 2.52. The van der Waals surface area contributed by atoms with Gasteiger partial charge >= 0.3 is 0 Å². The van der Waals surface area contributed by atoms with E-state index in [2.05, 4.69) is 6.92 Å². The smallest absolute Gasteiger partial charge is 0.0844 e. The molecule has 0 radical (unpaired) electrons. The summed E-state index contributed by atoms with van der Waals surface area (Å²) in [4.78, 5) is 0. The van der Waals surface area contributed by atoms with Crippen molar-refractivity contribution in [2.24, 2.45) is 35.0 Å². The molecule has 4 saturated carbocycles. The molecule has 1 saturated heterocycles. The topological polar surface area (TPSA) is 32.8 Å². The number of fused-ring (bicyclic) bond motifs is 1. The van der Waals surface area contributed by atoms with Gasteiger partial charge < -0.3 is 9.84 Å². The minimum Gasteiger partial charge on any atom is -0.393 e. The molecule has 2 nitrogen and oxygen atoms in total. The Hall–Kier alpha value is -0.0800. The first-order valence-electron chi connectivity index (χ1n) is 13.5.